The second-order valence-corrected chi connectivity index (χ2v) is 3.44. The largest absolute Gasteiger partial charge is 0.392 e. The van der Waals surface area contributed by atoms with Crippen molar-refractivity contribution in [3.8, 4) is 0 Å². The Bertz CT molecular complexity index is 205. The van der Waals surface area contributed by atoms with Crippen LogP contribution in [0.2, 0.25) is 0 Å². The maximum absolute atomic E-state index is 9.26. The van der Waals surface area contributed by atoms with E-state index < -0.39 is 0 Å². The first-order valence-corrected chi connectivity index (χ1v) is 5.76. The van der Waals surface area contributed by atoms with Gasteiger partial charge in [0, 0.05) is 0 Å². The summed E-state index contributed by atoms with van der Waals surface area (Å²) >= 11 is 0. The maximum atomic E-state index is 9.26. The lowest BCUT2D eigenvalue weighted by Crippen LogP contribution is -1.98. The van der Waals surface area contributed by atoms with E-state index in [1.807, 2.05) is 0 Å². The van der Waals surface area contributed by atoms with Gasteiger partial charge in [0.2, 0.25) is 0 Å². The van der Waals surface area contributed by atoms with Gasteiger partial charge in [-0.15, -0.1) is 0 Å². The molecule has 0 radical (unpaired) electrons. The highest BCUT2D eigenvalue weighted by molar-refractivity contribution is 5.35. The molecule has 0 aromatic carbocycles. The average molecular weight is 196 g/mol. The van der Waals surface area contributed by atoms with Gasteiger partial charge in [-0.25, -0.2) is 0 Å². The molecule has 1 N–H and O–H groups in total. The van der Waals surface area contributed by atoms with E-state index >= 15 is 0 Å². The van der Waals surface area contributed by atoms with Crippen molar-refractivity contribution in [1.82, 2.24) is 0 Å². The highest BCUT2D eigenvalue weighted by Gasteiger charge is 2.06. The third-order valence-electron chi connectivity index (χ3n) is 2.62. The van der Waals surface area contributed by atoms with Crippen LogP contribution in [0.5, 0.6) is 0 Å². The molecule has 0 aromatic heterocycles. The van der Waals surface area contributed by atoms with Crippen LogP contribution in [0.15, 0.2) is 22.8 Å². The topological polar surface area (TPSA) is 20.2 Å². The Balaban J connectivity index is 5.00. The van der Waals surface area contributed by atoms with Crippen LogP contribution >= 0.6 is 0 Å². The summed E-state index contributed by atoms with van der Waals surface area (Å²) in [4.78, 5) is 0. The van der Waals surface area contributed by atoms with E-state index in [-0.39, 0.29) is 6.61 Å². The van der Waals surface area contributed by atoms with Crippen molar-refractivity contribution in [2.45, 2.75) is 53.4 Å². The zero-order valence-corrected chi connectivity index (χ0v) is 10.1. The van der Waals surface area contributed by atoms with Crippen molar-refractivity contribution in [2.24, 2.45) is 0 Å². The standard InChI is InChI=1S/C13H24O/c1-5-9-11(6-2)13(8-4)12(7-3)10-14/h9,14H,5-8,10H2,1-4H3/b11-9-,13-12-. The lowest BCUT2D eigenvalue weighted by atomic mass is 9.94. The summed E-state index contributed by atoms with van der Waals surface area (Å²) in [6.07, 6.45) is 6.42. The van der Waals surface area contributed by atoms with Crippen molar-refractivity contribution >= 4 is 0 Å². The first-order valence-electron chi connectivity index (χ1n) is 5.76. The van der Waals surface area contributed by atoms with Crippen molar-refractivity contribution in [2.75, 3.05) is 6.61 Å². The van der Waals surface area contributed by atoms with Crippen LogP contribution in [-0.4, -0.2) is 11.7 Å². The molecule has 0 aliphatic carbocycles. The smallest absolute Gasteiger partial charge is 0.0647 e. The van der Waals surface area contributed by atoms with Gasteiger partial charge in [0.15, 0.2) is 0 Å². The van der Waals surface area contributed by atoms with Gasteiger partial charge in [0.25, 0.3) is 0 Å². The molecule has 0 amide bonds. The summed E-state index contributed by atoms with van der Waals surface area (Å²) in [5, 5.41) is 9.26. The molecule has 0 aromatic rings. The predicted octanol–water partition coefficient (Wildman–Crippen LogP) is 3.84. The summed E-state index contributed by atoms with van der Waals surface area (Å²) in [6.45, 7) is 8.83. The van der Waals surface area contributed by atoms with Crippen molar-refractivity contribution in [3.05, 3.63) is 22.8 Å². The average Bonchev–Trinajstić information content (AvgIpc) is 2.23. The molecule has 0 atom stereocenters. The minimum atomic E-state index is 0.209. The molecule has 0 saturated heterocycles. The van der Waals surface area contributed by atoms with E-state index in [0.29, 0.717) is 0 Å². The fraction of sp³-hybridized carbons (Fsp3) is 0.692. The third kappa shape index (κ3) is 3.67. The second-order valence-electron chi connectivity index (χ2n) is 3.44. The first kappa shape index (κ1) is 13.4. The Morgan fingerprint density at radius 3 is 1.93 bits per heavy atom. The summed E-state index contributed by atoms with van der Waals surface area (Å²) in [5.41, 5.74) is 3.99. The molecule has 82 valence electrons. The Morgan fingerprint density at radius 1 is 1.00 bits per heavy atom. The van der Waals surface area contributed by atoms with Gasteiger partial charge < -0.3 is 5.11 Å². The molecule has 1 heteroatoms. The normalized spacial score (nSPS) is 14.2. The molecule has 14 heavy (non-hydrogen) atoms. The number of hydrogen-bond acceptors (Lipinski definition) is 1. The van der Waals surface area contributed by atoms with Gasteiger partial charge in [0.1, 0.15) is 0 Å². The van der Waals surface area contributed by atoms with Gasteiger partial charge in [-0.1, -0.05) is 33.8 Å². The number of rotatable bonds is 6. The molecule has 0 saturated carbocycles. The van der Waals surface area contributed by atoms with Crippen molar-refractivity contribution in [1.29, 1.82) is 0 Å². The van der Waals surface area contributed by atoms with E-state index in [4.69, 9.17) is 0 Å². The zero-order chi connectivity index (χ0) is 11.0. The molecule has 0 unspecified atom stereocenters. The van der Waals surface area contributed by atoms with Crippen LogP contribution in [0.25, 0.3) is 0 Å². The molecule has 0 aliphatic heterocycles. The predicted molar refractivity (Wildman–Crippen MR) is 63.4 cm³/mol. The van der Waals surface area contributed by atoms with Crippen molar-refractivity contribution in [3.63, 3.8) is 0 Å². The molecule has 0 aliphatic rings. The van der Waals surface area contributed by atoms with E-state index in [9.17, 15) is 5.11 Å². The molecule has 0 fully saturated rings. The highest BCUT2D eigenvalue weighted by atomic mass is 16.3. The number of aliphatic hydroxyl groups excluding tert-OH is 1. The fourth-order valence-corrected chi connectivity index (χ4v) is 1.85. The number of aliphatic hydroxyl groups is 1. The Labute approximate surface area is 88.5 Å². The molecule has 0 spiro atoms. The fourth-order valence-electron chi connectivity index (χ4n) is 1.85. The SMILES string of the molecule is CC/C=C(CC)\C(CC)=C(\CC)CO. The molecule has 0 heterocycles. The summed E-state index contributed by atoms with van der Waals surface area (Å²) in [6, 6.07) is 0. The summed E-state index contributed by atoms with van der Waals surface area (Å²) in [7, 11) is 0. The van der Waals surface area contributed by atoms with Gasteiger partial charge in [-0.2, -0.15) is 0 Å². The van der Waals surface area contributed by atoms with E-state index in [1.165, 1.54) is 16.7 Å². The number of allylic oxidation sites excluding steroid dienone is 3. The molecular weight excluding hydrogens is 172 g/mol. The van der Waals surface area contributed by atoms with Crippen LogP contribution in [0.4, 0.5) is 0 Å². The Kier molecular flexibility index (Phi) is 7.50. The van der Waals surface area contributed by atoms with Gasteiger partial charge in [-0.3, -0.25) is 0 Å². The summed E-state index contributed by atoms with van der Waals surface area (Å²) < 4.78 is 0. The van der Waals surface area contributed by atoms with E-state index in [1.54, 1.807) is 0 Å². The van der Waals surface area contributed by atoms with Crippen LogP contribution in [0, 0.1) is 0 Å². The maximum Gasteiger partial charge on any atom is 0.0647 e. The van der Waals surface area contributed by atoms with Crippen LogP contribution in [0.1, 0.15) is 53.4 Å². The van der Waals surface area contributed by atoms with Crippen LogP contribution in [0.3, 0.4) is 0 Å². The molecule has 1 nitrogen and oxygen atoms in total. The molecule has 0 rings (SSSR count). The highest BCUT2D eigenvalue weighted by Crippen LogP contribution is 2.23. The van der Waals surface area contributed by atoms with E-state index in [2.05, 4.69) is 33.8 Å². The van der Waals surface area contributed by atoms with Gasteiger partial charge in [-0.05, 0) is 42.4 Å². The van der Waals surface area contributed by atoms with Gasteiger partial charge in [0.05, 0.1) is 6.61 Å². The van der Waals surface area contributed by atoms with Crippen LogP contribution in [-0.2, 0) is 0 Å². The summed E-state index contributed by atoms with van der Waals surface area (Å²) in [5.74, 6) is 0. The molecular formula is C13H24O. The molecule has 0 bridgehead atoms. The first-order chi connectivity index (χ1) is 6.74. The lowest BCUT2D eigenvalue weighted by molar-refractivity contribution is 0.326. The Hall–Kier alpha value is -0.560. The van der Waals surface area contributed by atoms with Crippen LogP contribution < -0.4 is 0 Å². The van der Waals surface area contributed by atoms with Crippen molar-refractivity contribution < 1.29 is 5.11 Å². The Morgan fingerprint density at radius 2 is 1.64 bits per heavy atom. The lowest BCUT2D eigenvalue weighted by Gasteiger charge is -2.13. The van der Waals surface area contributed by atoms with E-state index in [0.717, 1.165) is 25.7 Å². The minimum absolute atomic E-state index is 0.209. The minimum Gasteiger partial charge on any atom is -0.392 e. The number of hydrogen-bond donors (Lipinski definition) is 1. The van der Waals surface area contributed by atoms with Gasteiger partial charge >= 0.3 is 0 Å². The second kappa shape index (κ2) is 7.81. The quantitative estimate of drug-likeness (QED) is 0.640. The third-order valence-corrected chi connectivity index (χ3v) is 2.62. The zero-order valence-electron chi connectivity index (χ0n) is 10.1. The monoisotopic (exact) mass is 196 g/mol.